The zero-order valence-corrected chi connectivity index (χ0v) is 14.3. The minimum atomic E-state index is -0.969. The Bertz CT molecular complexity index is 733. The number of rotatable bonds is 5. The summed E-state index contributed by atoms with van der Waals surface area (Å²) < 4.78 is 1.32. The quantitative estimate of drug-likeness (QED) is 0.907. The molecule has 132 valence electrons. The molecule has 6 heteroatoms. The van der Waals surface area contributed by atoms with E-state index in [2.05, 4.69) is 29.4 Å². The average Bonchev–Trinajstić information content (AvgIpc) is 3.12. The summed E-state index contributed by atoms with van der Waals surface area (Å²) in [6.07, 6.45) is 4.56. The van der Waals surface area contributed by atoms with Crippen molar-refractivity contribution in [2.45, 2.75) is 32.2 Å². The van der Waals surface area contributed by atoms with E-state index >= 15 is 0 Å². The molecule has 0 radical (unpaired) electrons. The van der Waals surface area contributed by atoms with Crippen LogP contribution in [0.1, 0.15) is 41.9 Å². The monoisotopic (exact) mass is 341 g/mol. The van der Waals surface area contributed by atoms with Gasteiger partial charge in [0.2, 0.25) is 0 Å². The van der Waals surface area contributed by atoms with E-state index in [9.17, 15) is 9.59 Å². The largest absolute Gasteiger partial charge is 0.480 e. The molecule has 0 bridgehead atoms. The van der Waals surface area contributed by atoms with Crippen molar-refractivity contribution in [3.8, 4) is 0 Å². The van der Waals surface area contributed by atoms with Gasteiger partial charge in [0, 0.05) is 19.3 Å². The SMILES string of the molecule is CC(C(=O)O)n1ccc(C(=O)N2CCC(Cc3ccccc3)CC2)n1. The molecule has 1 aliphatic heterocycles. The van der Waals surface area contributed by atoms with E-state index in [0.717, 1.165) is 32.4 Å². The summed E-state index contributed by atoms with van der Waals surface area (Å²) in [7, 11) is 0. The van der Waals surface area contributed by atoms with Crippen molar-refractivity contribution in [1.29, 1.82) is 0 Å². The topological polar surface area (TPSA) is 75.4 Å². The molecule has 2 aromatic rings. The molecule has 1 unspecified atom stereocenters. The smallest absolute Gasteiger partial charge is 0.328 e. The molecular weight excluding hydrogens is 318 g/mol. The van der Waals surface area contributed by atoms with Crippen LogP contribution in [0.5, 0.6) is 0 Å². The average molecular weight is 341 g/mol. The van der Waals surface area contributed by atoms with Gasteiger partial charge >= 0.3 is 5.97 Å². The molecule has 3 rings (SSSR count). The van der Waals surface area contributed by atoms with Gasteiger partial charge in [-0.15, -0.1) is 0 Å². The first-order valence-corrected chi connectivity index (χ1v) is 8.65. The van der Waals surface area contributed by atoms with Crippen LogP contribution in [0.4, 0.5) is 0 Å². The predicted molar refractivity (Wildman–Crippen MR) is 93.3 cm³/mol. The summed E-state index contributed by atoms with van der Waals surface area (Å²) in [4.78, 5) is 25.4. The lowest BCUT2D eigenvalue weighted by molar-refractivity contribution is -0.140. The molecule has 1 aromatic heterocycles. The third-order valence-electron chi connectivity index (χ3n) is 4.85. The van der Waals surface area contributed by atoms with Crippen LogP contribution < -0.4 is 0 Å². The first kappa shape index (κ1) is 17.2. The highest BCUT2D eigenvalue weighted by Gasteiger charge is 2.26. The van der Waals surface area contributed by atoms with Crippen LogP contribution >= 0.6 is 0 Å². The number of aromatic nitrogens is 2. The molecule has 1 saturated heterocycles. The number of hydrogen-bond donors (Lipinski definition) is 1. The van der Waals surface area contributed by atoms with E-state index < -0.39 is 12.0 Å². The van der Waals surface area contributed by atoms with Gasteiger partial charge in [0.1, 0.15) is 11.7 Å². The summed E-state index contributed by atoms with van der Waals surface area (Å²) >= 11 is 0. The zero-order valence-electron chi connectivity index (χ0n) is 14.3. The molecule has 1 N–H and O–H groups in total. The first-order valence-electron chi connectivity index (χ1n) is 8.65. The second-order valence-corrected chi connectivity index (χ2v) is 6.62. The molecule has 6 nitrogen and oxygen atoms in total. The molecule has 1 fully saturated rings. The second-order valence-electron chi connectivity index (χ2n) is 6.62. The standard InChI is InChI=1S/C19H23N3O3/c1-14(19(24)25)22-12-9-17(20-22)18(23)21-10-7-16(8-11-21)13-15-5-3-2-4-6-15/h2-6,9,12,14,16H,7-8,10-11,13H2,1H3,(H,24,25). The van der Waals surface area contributed by atoms with Crippen molar-refractivity contribution in [3.05, 3.63) is 53.9 Å². The maximum Gasteiger partial charge on any atom is 0.328 e. The van der Waals surface area contributed by atoms with Crippen molar-refractivity contribution in [1.82, 2.24) is 14.7 Å². The minimum Gasteiger partial charge on any atom is -0.480 e. The Hall–Kier alpha value is -2.63. The Labute approximate surface area is 147 Å². The fourth-order valence-corrected chi connectivity index (χ4v) is 3.23. The maximum absolute atomic E-state index is 12.6. The van der Waals surface area contributed by atoms with Gasteiger partial charge in [-0.1, -0.05) is 30.3 Å². The molecule has 2 heterocycles. The number of carbonyl (C=O) groups is 2. The Morgan fingerprint density at radius 2 is 1.88 bits per heavy atom. The summed E-state index contributed by atoms with van der Waals surface area (Å²) in [6, 6.07) is 11.2. The van der Waals surface area contributed by atoms with Gasteiger partial charge < -0.3 is 10.0 Å². The lowest BCUT2D eigenvalue weighted by Crippen LogP contribution is -2.39. The number of amides is 1. The van der Waals surface area contributed by atoms with E-state index in [4.69, 9.17) is 5.11 Å². The first-order chi connectivity index (χ1) is 12.0. The lowest BCUT2D eigenvalue weighted by Gasteiger charge is -2.31. The molecule has 0 aliphatic carbocycles. The fraction of sp³-hybridized carbons (Fsp3) is 0.421. The Balaban J connectivity index is 1.56. The fourth-order valence-electron chi connectivity index (χ4n) is 3.23. The number of likely N-dealkylation sites (tertiary alicyclic amines) is 1. The highest BCUT2D eigenvalue weighted by molar-refractivity contribution is 5.92. The minimum absolute atomic E-state index is 0.116. The van der Waals surface area contributed by atoms with Crippen molar-refractivity contribution >= 4 is 11.9 Å². The molecule has 1 aliphatic rings. The van der Waals surface area contributed by atoms with Gasteiger partial charge in [-0.3, -0.25) is 9.48 Å². The van der Waals surface area contributed by atoms with Crippen LogP contribution in [0.3, 0.4) is 0 Å². The van der Waals surface area contributed by atoms with Gasteiger partial charge in [-0.25, -0.2) is 4.79 Å². The van der Waals surface area contributed by atoms with E-state index in [1.54, 1.807) is 19.2 Å². The molecule has 25 heavy (non-hydrogen) atoms. The number of carboxylic acid groups (broad SMARTS) is 1. The molecule has 1 aromatic carbocycles. The van der Waals surface area contributed by atoms with Gasteiger partial charge in [-0.05, 0) is 43.7 Å². The van der Waals surface area contributed by atoms with Gasteiger partial charge in [-0.2, -0.15) is 5.10 Å². The van der Waals surface area contributed by atoms with Gasteiger partial charge in [0.05, 0.1) is 0 Å². The molecule has 0 spiro atoms. The summed E-state index contributed by atoms with van der Waals surface area (Å²) in [5.74, 6) is -0.491. The number of nitrogens with zero attached hydrogens (tertiary/aromatic N) is 3. The number of benzene rings is 1. The third-order valence-corrected chi connectivity index (χ3v) is 4.85. The second kappa shape index (κ2) is 7.51. The zero-order chi connectivity index (χ0) is 17.8. The highest BCUT2D eigenvalue weighted by Crippen LogP contribution is 2.22. The van der Waals surface area contributed by atoms with Crippen molar-refractivity contribution < 1.29 is 14.7 Å². The normalized spacial score (nSPS) is 16.6. The number of carbonyl (C=O) groups excluding carboxylic acids is 1. The van der Waals surface area contributed by atoms with Crippen molar-refractivity contribution in [2.24, 2.45) is 5.92 Å². The van der Waals surface area contributed by atoms with Crippen LogP contribution in [-0.4, -0.2) is 44.8 Å². The Morgan fingerprint density at radius 3 is 2.52 bits per heavy atom. The Kier molecular flexibility index (Phi) is 5.16. The molecule has 1 atom stereocenters. The van der Waals surface area contributed by atoms with E-state index in [1.807, 2.05) is 11.0 Å². The molecule has 1 amide bonds. The lowest BCUT2D eigenvalue weighted by atomic mass is 9.90. The van der Waals surface area contributed by atoms with Gasteiger partial charge in [0.25, 0.3) is 5.91 Å². The van der Waals surface area contributed by atoms with Crippen molar-refractivity contribution in [2.75, 3.05) is 13.1 Å². The van der Waals surface area contributed by atoms with E-state index in [-0.39, 0.29) is 5.91 Å². The van der Waals surface area contributed by atoms with Crippen LogP contribution in [0, 0.1) is 5.92 Å². The highest BCUT2D eigenvalue weighted by atomic mass is 16.4. The maximum atomic E-state index is 12.6. The van der Waals surface area contributed by atoms with E-state index in [0.29, 0.717) is 11.6 Å². The summed E-state index contributed by atoms with van der Waals surface area (Å²) in [6.45, 7) is 2.98. The van der Waals surface area contributed by atoms with Crippen LogP contribution in [0.15, 0.2) is 42.6 Å². The molecular formula is C19H23N3O3. The van der Waals surface area contributed by atoms with E-state index in [1.165, 1.54) is 10.2 Å². The number of aliphatic carboxylic acids is 1. The summed E-state index contributed by atoms with van der Waals surface area (Å²) in [5.41, 5.74) is 1.66. The predicted octanol–water partition coefficient (Wildman–Crippen LogP) is 2.62. The van der Waals surface area contributed by atoms with Crippen LogP contribution in [0.2, 0.25) is 0 Å². The number of carboxylic acids is 1. The number of piperidine rings is 1. The summed E-state index contributed by atoms with van der Waals surface area (Å²) in [5, 5.41) is 13.2. The Morgan fingerprint density at radius 1 is 1.20 bits per heavy atom. The third kappa shape index (κ3) is 4.07. The molecule has 0 saturated carbocycles. The van der Waals surface area contributed by atoms with Crippen LogP contribution in [0.25, 0.3) is 0 Å². The van der Waals surface area contributed by atoms with Crippen LogP contribution in [-0.2, 0) is 11.2 Å². The number of hydrogen-bond acceptors (Lipinski definition) is 3. The van der Waals surface area contributed by atoms with Gasteiger partial charge in [0.15, 0.2) is 0 Å². The van der Waals surface area contributed by atoms with Crippen molar-refractivity contribution in [3.63, 3.8) is 0 Å².